The van der Waals surface area contributed by atoms with E-state index in [0.717, 1.165) is 21.8 Å². The van der Waals surface area contributed by atoms with Gasteiger partial charge in [0.25, 0.3) is 5.91 Å². The van der Waals surface area contributed by atoms with Crippen LogP contribution in [0, 0.1) is 0 Å². The summed E-state index contributed by atoms with van der Waals surface area (Å²) in [6, 6.07) is 30.7. The van der Waals surface area contributed by atoms with Gasteiger partial charge in [-0.15, -0.1) is 21.5 Å². The van der Waals surface area contributed by atoms with Gasteiger partial charge in [0.05, 0.1) is 23.7 Å². The van der Waals surface area contributed by atoms with Crippen molar-refractivity contribution in [3.05, 3.63) is 136 Å². The summed E-state index contributed by atoms with van der Waals surface area (Å²) in [6.45, 7) is 0. The number of carbonyl (C=O) groups excluding carboxylic acids is 1. The third-order valence-corrected chi connectivity index (χ3v) is 8.30. The van der Waals surface area contributed by atoms with Crippen molar-refractivity contribution in [3.63, 3.8) is 0 Å². The SMILES string of the molecule is O=C(NC(c1ccccc1)c1ccccc1)c1csc(CSc2nnc(-c3ccco3)n2-c2cccc(Cl)c2)n1. The molecule has 198 valence electrons. The zero-order valence-corrected chi connectivity index (χ0v) is 23.4. The van der Waals surface area contributed by atoms with Gasteiger partial charge in [0.15, 0.2) is 10.9 Å². The van der Waals surface area contributed by atoms with Gasteiger partial charge in [0.2, 0.25) is 5.82 Å². The van der Waals surface area contributed by atoms with Gasteiger partial charge >= 0.3 is 0 Å². The number of nitrogens with one attached hydrogen (secondary N) is 1. The number of carbonyl (C=O) groups is 1. The van der Waals surface area contributed by atoms with E-state index in [0.29, 0.717) is 33.2 Å². The van der Waals surface area contributed by atoms with Crippen molar-refractivity contribution in [1.29, 1.82) is 0 Å². The Morgan fingerprint density at radius 1 is 0.950 bits per heavy atom. The molecule has 0 saturated carbocycles. The normalized spacial score (nSPS) is 11.2. The van der Waals surface area contributed by atoms with Gasteiger partial charge in [-0.25, -0.2) is 4.98 Å². The summed E-state index contributed by atoms with van der Waals surface area (Å²) in [5.74, 6) is 1.45. The van der Waals surface area contributed by atoms with Crippen molar-refractivity contribution in [2.24, 2.45) is 0 Å². The van der Waals surface area contributed by atoms with Crippen LogP contribution >= 0.6 is 34.7 Å². The Hall–Kier alpha value is -4.18. The molecule has 0 bridgehead atoms. The molecular formula is C30H22ClN5O2S2. The molecular weight excluding hydrogens is 562 g/mol. The Balaban J connectivity index is 1.21. The van der Waals surface area contributed by atoms with Crippen LogP contribution in [0.4, 0.5) is 0 Å². The molecule has 0 aliphatic rings. The maximum atomic E-state index is 13.3. The summed E-state index contributed by atoms with van der Waals surface area (Å²) in [6.07, 6.45) is 1.60. The number of furan rings is 1. The van der Waals surface area contributed by atoms with E-state index in [1.165, 1.54) is 23.1 Å². The molecule has 10 heteroatoms. The van der Waals surface area contributed by atoms with Crippen LogP contribution in [0.1, 0.15) is 32.7 Å². The summed E-state index contributed by atoms with van der Waals surface area (Å²) in [5.41, 5.74) is 3.20. The van der Waals surface area contributed by atoms with Crippen LogP contribution in [0.5, 0.6) is 0 Å². The first-order chi connectivity index (χ1) is 19.7. The van der Waals surface area contributed by atoms with Crippen LogP contribution < -0.4 is 5.32 Å². The number of rotatable bonds is 9. The molecule has 0 aliphatic carbocycles. The first kappa shape index (κ1) is 26.1. The highest BCUT2D eigenvalue weighted by Crippen LogP contribution is 2.31. The third-order valence-electron chi connectivity index (χ3n) is 6.09. The Bertz CT molecular complexity index is 1680. The van der Waals surface area contributed by atoms with Crippen LogP contribution in [0.25, 0.3) is 17.3 Å². The molecule has 3 aromatic carbocycles. The van der Waals surface area contributed by atoms with E-state index in [1.807, 2.05) is 95.6 Å². The van der Waals surface area contributed by atoms with Crippen LogP contribution in [-0.4, -0.2) is 25.7 Å². The topological polar surface area (TPSA) is 85.8 Å². The lowest BCUT2D eigenvalue weighted by Gasteiger charge is -2.19. The average molecular weight is 584 g/mol. The fourth-order valence-corrected chi connectivity index (χ4v) is 6.17. The zero-order chi connectivity index (χ0) is 27.3. The minimum Gasteiger partial charge on any atom is -0.461 e. The van der Waals surface area contributed by atoms with Gasteiger partial charge in [-0.2, -0.15) is 0 Å². The van der Waals surface area contributed by atoms with Crippen molar-refractivity contribution in [2.75, 3.05) is 0 Å². The molecule has 0 unspecified atom stereocenters. The van der Waals surface area contributed by atoms with E-state index in [1.54, 1.807) is 17.7 Å². The lowest BCUT2D eigenvalue weighted by molar-refractivity contribution is 0.0938. The molecule has 0 aliphatic heterocycles. The molecule has 0 fully saturated rings. The summed E-state index contributed by atoms with van der Waals surface area (Å²) in [7, 11) is 0. The second-order valence-electron chi connectivity index (χ2n) is 8.74. The predicted molar refractivity (Wildman–Crippen MR) is 158 cm³/mol. The molecule has 7 nitrogen and oxygen atoms in total. The lowest BCUT2D eigenvalue weighted by Crippen LogP contribution is -2.29. The number of hydrogen-bond acceptors (Lipinski definition) is 7. The van der Waals surface area contributed by atoms with Crippen LogP contribution in [0.3, 0.4) is 0 Å². The van der Waals surface area contributed by atoms with E-state index in [-0.39, 0.29) is 11.9 Å². The largest absolute Gasteiger partial charge is 0.461 e. The molecule has 6 rings (SSSR count). The number of nitrogens with zero attached hydrogens (tertiary/aromatic N) is 4. The monoisotopic (exact) mass is 583 g/mol. The smallest absolute Gasteiger partial charge is 0.271 e. The molecule has 0 radical (unpaired) electrons. The Kier molecular flexibility index (Phi) is 7.76. The quantitative estimate of drug-likeness (QED) is 0.178. The Labute approximate surface area is 243 Å². The van der Waals surface area contributed by atoms with E-state index in [4.69, 9.17) is 16.0 Å². The van der Waals surface area contributed by atoms with Crippen molar-refractivity contribution in [1.82, 2.24) is 25.1 Å². The number of thiazole rings is 1. The maximum absolute atomic E-state index is 13.3. The van der Waals surface area contributed by atoms with E-state index >= 15 is 0 Å². The van der Waals surface area contributed by atoms with Crippen LogP contribution in [0.2, 0.25) is 5.02 Å². The fourth-order valence-electron chi connectivity index (χ4n) is 4.24. The highest BCUT2D eigenvalue weighted by atomic mass is 35.5. The average Bonchev–Trinajstić information content (AvgIpc) is 3.77. The van der Waals surface area contributed by atoms with Crippen molar-refractivity contribution >= 4 is 40.6 Å². The molecule has 3 heterocycles. The van der Waals surface area contributed by atoms with Crippen LogP contribution in [-0.2, 0) is 5.75 Å². The van der Waals surface area contributed by atoms with E-state index in [9.17, 15) is 4.79 Å². The fraction of sp³-hybridized carbons (Fsp3) is 0.0667. The number of benzene rings is 3. The summed E-state index contributed by atoms with van der Waals surface area (Å²) < 4.78 is 7.50. The molecule has 0 saturated heterocycles. The van der Waals surface area contributed by atoms with Crippen molar-refractivity contribution in [2.45, 2.75) is 17.0 Å². The first-order valence-electron chi connectivity index (χ1n) is 12.4. The summed E-state index contributed by atoms with van der Waals surface area (Å²) in [5, 5.41) is 15.8. The van der Waals surface area contributed by atoms with Gasteiger partial charge in [-0.1, -0.05) is 90.1 Å². The maximum Gasteiger partial charge on any atom is 0.271 e. The highest BCUT2D eigenvalue weighted by Gasteiger charge is 2.21. The predicted octanol–water partition coefficient (Wildman–Crippen LogP) is 7.45. The molecule has 1 N–H and O–H groups in total. The minimum absolute atomic E-state index is 0.229. The lowest BCUT2D eigenvalue weighted by atomic mass is 9.98. The molecule has 6 aromatic rings. The van der Waals surface area contributed by atoms with Gasteiger partial charge in [0.1, 0.15) is 10.7 Å². The number of amides is 1. The first-order valence-corrected chi connectivity index (χ1v) is 14.6. The van der Waals surface area contributed by atoms with Gasteiger partial charge in [-0.05, 0) is 41.5 Å². The second-order valence-corrected chi connectivity index (χ2v) is 11.1. The molecule has 40 heavy (non-hydrogen) atoms. The molecule has 0 atom stereocenters. The second kappa shape index (κ2) is 11.9. The van der Waals surface area contributed by atoms with E-state index < -0.39 is 0 Å². The number of thioether (sulfide) groups is 1. The summed E-state index contributed by atoms with van der Waals surface area (Å²) >= 11 is 9.19. The number of aromatic nitrogens is 4. The standard InChI is InChI=1S/C30H22ClN5O2S2/c31-22-13-7-14-23(17-22)36-28(25-15-8-16-38-25)34-35-30(36)40-19-26-32-24(18-39-26)29(37)33-27(20-9-3-1-4-10-20)21-11-5-2-6-12-21/h1-18,27H,19H2,(H,33,37). The Morgan fingerprint density at radius 3 is 2.38 bits per heavy atom. The highest BCUT2D eigenvalue weighted by molar-refractivity contribution is 7.98. The zero-order valence-electron chi connectivity index (χ0n) is 21.0. The molecule has 1 amide bonds. The third kappa shape index (κ3) is 5.72. The number of halogens is 1. The van der Waals surface area contributed by atoms with Crippen molar-refractivity contribution in [3.8, 4) is 17.3 Å². The van der Waals surface area contributed by atoms with Gasteiger partial charge in [-0.3, -0.25) is 9.36 Å². The molecule has 3 aromatic heterocycles. The molecule has 0 spiro atoms. The minimum atomic E-state index is -0.286. The van der Waals surface area contributed by atoms with E-state index in [2.05, 4.69) is 20.5 Å². The number of hydrogen-bond donors (Lipinski definition) is 1. The van der Waals surface area contributed by atoms with Gasteiger partial charge < -0.3 is 9.73 Å². The van der Waals surface area contributed by atoms with Gasteiger partial charge in [0, 0.05) is 10.4 Å². The summed E-state index contributed by atoms with van der Waals surface area (Å²) in [4.78, 5) is 17.9. The Morgan fingerprint density at radius 2 is 1.70 bits per heavy atom. The van der Waals surface area contributed by atoms with Crippen LogP contribution in [0.15, 0.2) is 118 Å². The van der Waals surface area contributed by atoms with Crippen molar-refractivity contribution < 1.29 is 9.21 Å².